The lowest BCUT2D eigenvalue weighted by molar-refractivity contribution is -0.0865. The second kappa shape index (κ2) is 6.49. The second-order valence-corrected chi connectivity index (χ2v) is 7.38. The molecule has 0 saturated carbocycles. The van der Waals surface area contributed by atoms with E-state index in [0.29, 0.717) is 6.04 Å². The summed E-state index contributed by atoms with van der Waals surface area (Å²) in [5.74, 6) is 3.41. The molecule has 2 aliphatic rings. The van der Waals surface area contributed by atoms with E-state index < -0.39 is 0 Å². The smallest absolute Gasteiger partial charge is 0.119 e. The van der Waals surface area contributed by atoms with E-state index in [2.05, 4.69) is 36.1 Å². The minimum absolute atomic E-state index is 0.140. The quantitative estimate of drug-likeness (QED) is 0.918. The maximum atomic E-state index is 6.17. The molecule has 2 fully saturated rings. The summed E-state index contributed by atoms with van der Waals surface area (Å²) in [6.45, 7) is 3.02. The van der Waals surface area contributed by atoms with E-state index >= 15 is 0 Å². The topological polar surface area (TPSA) is 30.5 Å². The zero-order chi connectivity index (χ0) is 14.7. The lowest BCUT2D eigenvalue weighted by atomic mass is 9.85. The first kappa shape index (κ1) is 15.0. The van der Waals surface area contributed by atoms with Gasteiger partial charge in [-0.05, 0) is 67.9 Å². The van der Waals surface area contributed by atoms with E-state index in [1.54, 1.807) is 7.11 Å². The number of methoxy groups -OCH3 is 1. The third kappa shape index (κ3) is 3.49. The van der Waals surface area contributed by atoms with Crippen molar-refractivity contribution in [3.63, 3.8) is 0 Å². The number of hydrogen-bond acceptors (Lipinski definition) is 4. The molecule has 1 aromatic rings. The van der Waals surface area contributed by atoms with Gasteiger partial charge in [0.15, 0.2) is 0 Å². The van der Waals surface area contributed by atoms with Gasteiger partial charge in [-0.25, -0.2) is 0 Å². The van der Waals surface area contributed by atoms with Gasteiger partial charge in [-0.1, -0.05) is 0 Å². The van der Waals surface area contributed by atoms with Gasteiger partial charge in [0.2, 0.25) is 0 Å². The Balaban J connectivity index is 1.67. The van der Waals surface area contributed by atoms with Crippen LogP contribution in [0.15, 0.2) is 18.2 Å². The van der Waals surface area contributed by atoms with Crippen molar-refractivity contribution in [2.45, 2.75) is 44.2 Å². The molecule has 0 bridgehead atoms. The fraction of sp³-hybridized carbons (Fsp3) is 0.647. The van der Waals surface area contributed by atoms with Crippen LogP contribution >= 0.6 is 11.8 Å². The number of benzene rings is 1. The van der Waals surface area contributed by atoms with Crippen LogP contribution in [0.4, 0.5) is 5.69 Å². The maximum absolute atomic E-state index is 6.17. The van der Waals surface area contributed by atoms with Crippen LogP contribution in [0.5, 0.6) is 5.75 Å². The van der Waals surface area contributed by atoms with Gasteiger partial charge < -0.3 is 14.8 Å². The first-order valence-corrected chi connectivity index (χ1v) is 8.99. The van der Waals surface area contributed by atoms with Gasteiger partial charge in [-0.2, -0.15) is 11.8 Å². The molecule has 0 aliphatic carbocycles. The summed E-state index contributed by atoms with van der Waals surface area (Å²) >= 11 is 2.06. The van der Waals surface area contributed by atoms with E-state index in [-0.39, 0.29) is 5.60 Å². The average Bonchev–Trinajstić information content (AvgIpc) is 2.50. The van der Waals surface area contributed by atoms with Crippen LogP contribution in [-0.2, 0) is 4.74 Å². The summed E-state index contributed by atoms with van der Waals surface area (Å²) in [5, 5.41) is 3.73. The zero-order valence-corrected chi connectivity index (χ0v) is 13.8. The normalized spacial score (nSPS) is 24.8. The second-order valence-electron chi connectivity index (χ2n) is 6.16. The van der Waals surface area contributed by atoms with Crippen molar-refractivity contribution in [3.8, 4) is 5.75 Å². The molecule has 21 heavy (non-hydrogen) atoms. The first-order chi connectivity index (χ1) is 10.2. The Bertz CT molecular complexity index is 480. The van der Waals surface area contributed by atoms with Crippen molar-refractivity contribution in [2.24, 2.45) is 0 Å². The molecule has 2 heterocycles. The number of aryl methyl sites for hydroxylation is 1. The third-order valence-electron chi connectivity index (χ3n) is 4.69. The first-order valence-electron chi connectivity index (χ1n) is 7.84. The van der Waals surface area contributed by atoms with E-state index in [0.717, 1.165) is 25.2 Å². The molecule has 1 aromatic carbocycles. The van der Waals surface area contributed by atoms with Crippen LogP contribution < -0.4 is 10.1 Å². The predicted molar refractivity (Wildman–Crippen MR) is 89.6 cm³/mol. The minimum atomic E-state index is 0.140. The summed E-state index contributed by atoms with van der Waals surface area (Å²) in [5.41, 5.74) is 2.61. The Hall–Kier alpha value is -0.870. The fourth-order valence-electron chi connectivity index (χ4n) is 3.39. The highest BCUT2D eigenvalue weighted by molar-refractivity contribution is 7.99. The van der Waals surface area contributed by atoms with Gasteiger partial charge in [-0.15, -0.1) is 0 Å². The van der Waals surface area contributed by atoms with E-state index in [9.17, 15) is 0 Å². The number of thioether (sulfide) groups is 1. The van der Waals surface area contributed by atoms with Crippen molar-refractivity contribution in [1.29, 1.82) is 0 Å². The molecule has 3 rings (SSSR count). The van der Waals surface area contributed by atoms with Crippen LogP contribution in [0.1, 0.15) is 31.2 Å². The largest absolute Gasteiger partial charge is 0.497 e. The number of rotatable bonds is 3. The summed E-state index contributed by atoms with van der Waals surface area (Å²) in [4.78, 5) is 0. The molecule has 0 amide bonds. The minimum Gasteiger partial charge on any atom is -0.497 e. The average molecular weight is 307 g/mol. The Morgan fingerprint density at radius 1 is 1.33 bits per heavy atom. The SMILES string of the molecule is COc1ccc(NC2CCOC3(CCSCC3)C2)c(C)c1. The van der Waals surface area contributed by atoms with Crippen LogP contribution in [-0.4, -0.2) is 36.9 Å². The Morgan fingerprint density at radius 2 is 2.14 bits per heavy atom. The number of ether oxygens (including phenoxy) is 2. The van der Waals surface area contributed by atoms with Crippen LogP contribution in [0.3, 0.4) is 0 Å². The van der Waals surface area contributed by atoms with Crippen molar-refractivity contribution in [2.75, 3.05) is 30.5 Å². The Morgan fingerprint density at radius 3 is 2.86 bits per heavy atom. The maximum Gasteiger partial charge on any atom is 0.119 e. The highest BCUT2D eigenvalue weighted by Gasteiger charge is 2.38. The summed E-state index contributed by atoms with van der Waals surface area (Å²) < 4.78 is 11.4. The van der Waals surface area contributed by atoms with Crippen LogP contribution in [0.25, 0.3) is 0 Å². The lowest BCUT2D eigenvalue weighted by Gasteiger charge is -2.43. The standard InChI is InChI=1S/C17H25NO2S/c1-13-11-15(19-2)3-4-16(13)18-14-5-8-20-17(12-14)6-9-21-10-7-17/h3-4,11,14,18H,5-10,12H2,1-2H3. The van der Waals surface area contributed by atoms with Gasteiger partial charge in [0.1, 0.15) is 5.75 Å². The van der Waals surface area contributed by atoms with Crippen molar-refractivity contribution in [1.82, 2.24) is 0 Å². The molecule has 1 N–H and O–H groups in total. The van der Waals surface area contributed by atoms with Gasteiger partial charge in [0.05, 0.1) is 12.7 Å². The Kier molecular flexibility index (Phi) is 4.65. The summed E-state index contributed by atoms with van der Waals surface area (Å²) in [7, 11) is 1.71. The van der Waals surface area contributed by atoms with Crippen LogP contribution in [0, 0.1) is 6.92 Å². The molecule has 3 nitrogen and oxygen atoms in total. The van der Waals surface area contributed by atoms with E-state index in [1.165, 1.54) is 35.6 Å². The van der Waals surface area contributed by atoms with Crippen molar-refractivity contribution >= 4 is 17.4 Å². The van der Waals surface area contributed by atoms with Gasteiger partial charge in [0.25, 0.3) is 0 Å². The van der Waals surface area contributed by atoms with Crippen molar-refractivity contribution in [3.05, 3.63) is 23.8 Å². The highest BCUT2D eigenvalue weighted by atomic mass is 32.2. The summed E-state index contributed by atoms with van der Waals surface area (Å²) in [6.07, 6.45) is 4.65. The lowest BCUT2D eigenvalue weighted by Crippen LogP contribution is -2.46. The molecule has 1 unspecified atom stereocenters. The molecule has 116 valence electrons. The van der Waals surface area contributed by atoms with Gasteiger partial charge in [-0.3, -0.25) is 0 Å². The summed E-state index contributed by atoms with van der Waals surface area (Å²) in [6, 6.07) is 6.78. The number of anilines is 1. The monoisotopic (exact) mass is 307 g/mol. The molecule has 2 saturated heterocycles. The zero-order valence-electron chi connectivity index (χ0n) is 13.0. The molecule has 1 atom stereocenters. The number of nitrogens with one attached hydrogen (secondary N) is 1. The highest BCUT2D eigenvalue weighted by Crippen LogP contribution is 2.38. The van der Waals surface area contributed by atoms with Crippen molar-refractivity contribution < 1.29 is 9.47 Å². The molecule has 0 aromatic heterocycles. The third-order valence-corrected chi connectivity index (χ3v) is 5.68. The molecule has 2 aliphatic heterocycles. The number of hydrogen-bond donors (Lipinski definition) is 1. The molecule has 4 heteroatoms. The van der Waals surface area contributed by atoms with Gasteiger partial charge >= 0.3 is 0 Å². The molecule has 1 spiro atoms. The molecule has 0 radical (unpaired) electrons. The van der Waals surface area contributed by atoms with E-state index in [1.807, 2.05) is 6.07 Å². The molecular formula is C17H25NO2S. The Labute approximate surface area is 131 Å². The van der Waals surface area contributed by atoms with Gasteiger partial charge in [0, 0.05) is 18.3 Å². The predicted octanol–water partition coefficient (Wildman–Crippen LogP) is 3.86. The molecular weight excluding hydrogens is 282 g/mol. The fourth-order valence-corrected chi connectivity index (χ4v) is 4.62. The van der Waals surface area contributed by atoms with E-state index in [4.69, 9.17) is 9.47 Å². The van der Waals surface area contributed by atoms with Crippen LogP contribution in [0.2, 0.25) is 0 Å².